The Labute approximate surface area is 157 Å². The maximum atomic E-state index is 12.9. The van der Waals surface area contributed by atoms with Crippen LogP contribution in [0.3, 0.4) is 0 Å². The predicted molar refractivity (Wildman–Crippen MR) is 103 cm³/mol. The molecule has 0 saturated carbocycles. The zero-order valence-corrected chi connectivity index (χ0v) is 15.5. The molecular formula is C19H24N4O2S. The molecule has 4 aliphatic rings. The SMILES string of the molecule is O=C(NC1CN2CCC1CC2)c1nsc2c(N3CC[C@@H](O)C3)cccc12. The lowest BCUT2D eigenvalue weighted by Gasteiger charge is -2.44. The van der Waals surface area contributed by atoms with Gasteiger partial charge in [0.15, 0.2) is 0 Å². The Bertz CT molecular complexity index is 830. The van der Waals surface area contributed by atoms with Crippen LogP contribution in [-0.2, 0) is 0 Å². The van der Waals surface area contributed by atoms with E-state index in [1.807, 2.05) is 12.1 Å². The summed E-state index contributed by atoms with van der Waals surface area (Å²) >= 11 is 1.39. The number of amides is 1. The fraction of sp³-hybridized carbons (Fsp3) is 0.579. The Morgan fingerprint density at radius 3 is 2.73 bits per heavy atom. The van der Waals surface area contributed by atoms with E-state index in [0.29, 0.717) is 18.2 Å². The van der Waals surface area contributed by atoms with E-state index >= 15 is 0 Å². The Morgan fingerprint density at radius 1 is 1.19 bits per heavy atom. The topological polar surface area (TPSA) is 68.7 Å². The normalized spacial score (nSPS) is 30.9. The minimum Gasteiger partial charge on any atom is -0.391 e. The summed E-state index contributed by atoms with van der Waals surface area (Å²) < 4.78 is 5.54. The minimum absolute atomic E-state index is 0.0476. The van der Waals surface area contributed by atoms with E-state index < -0.39 is 0 Å². The van der Waals surface area contributed by atoms with Crippen LogP contribution >= 0.6 is 11.5 Å². The molecule has 2 N–H and O–H groups in total. The van der Waals surface area contributed by atoms with Crippen LogP contribution < -0.4 is 10.2 Å². The molecule has 26 heavy (non-hydrogen) atoms. The number of carbonyl (C=O) groups is 1. The summed E-state index contributed by atoms with van der Waals surface area (Å²) in [6.07, 6.45) is 2.90. The van der Waals surface area contributed by atoms with E-state index in [9.17, 15) is 9.90 Å². The van der Waals surface area contributed by atoms with Crippen LogP contribution in [0.2, 0.25) is 0 Å². The average molecular weight is 372 g/mol. The van der Waals surface area contributed by atoms with E-state index in [2.05, 4.69) is 25.6 Å². The van der Waals surface area contributed by atoms with Crippen molar-refractivity contribution in [1.82, 2.24) is 14.6 Å². The molecule has 1 amide bonds. The summed E-state index contributed by atoms with van der Waals surface area (Å²) in [5.41, 5.74) is 1.63. The lowest BCUT2D eigenvalue weighted by atomic mass is 9.84. The van der Waals surface area contributed by atoms with Gasteiger partial charge in [0.2, 0.25) is 0 Å². The van der Waals surface area contributed by atoms with Gasteiger partial charge in [-0.1, -0.05) is 12.1 Å². The summed E-state index contributed by atoms with van der Waals surface area (Å²) in [6.45, 7) is 4.80. The second kappa shape index (κ2) is 6.48. The molecule has 2 aromatic rings. The summed E-state index contributed by atoms with van der Waals surface area (Å²) in [5, 5.41) is 14.0. The van der Waals surface area contributed by atoms with Crippen molar-refractivity contribution in [2.45, 2.75) is 31.4 Å². The molecule has 0 radical (unpaired) electrons. The number of piperidine rings is 3. The number of rotatable bonds is 3. The monoisotopic (exact) mass is 372 g/mol. The van der Waals surface area contributed by atoms with Crippen molar-refractivity contribution < 1.29 is 9.90 Å². The number of benzene rings is 1. The average Bonchev–Trinajstić information content (AvgIpc) is 3.29. The van der Waals surface area contributed by atoms with E-state index in [-0.39, 0.29) is 18.1 Å². The summed E-state index contributed by atoms with van der Waals surface area (Å²) in [6, 6.07) is 6.29. The summed E-state index contributed by atoms with van der Waals surface area (Å²) in [5.74, 6) is 0.559. The van der Waals surface area contributed by atoms with Crippen molar-refractivity contribution in [1.29, 1.82) is 0 Å². The highest BCUT2D eigenvalue weighted by molar-refractivity contribution is 7.14. The molecule has 1 aromatic carbocycles. The van der Waals surface area contributed by atoms with Gasteiger partial charge in [0.1, 0.15) is 5.69 Å². The number of hydrogen-bond donors (Lipinski definition) is 2. The van der Waals surface area contributed by atoms with Gasteiger partial charge in [-0.3, -0.25) is 4.79 Å². The second-order valence-corrected chi connectivity index (χ2v) is 8.56. The van der Waals surface area contributed by atoms with Crippen LogP contribution in [0.15, 0.2) is 18.2 Å². The summed E-state index contributed by atoms with van der Waals surface area (Å²) in [7, 11) is 0. The fourth-order valence-electron chi connectivity index (χ4n) is 4.69. The van der Waals surface area contributed by atoms with Gasteiger partial charge in [0, 0.05) is 31.1 Å². The van der Waals surface area contributed by atoms with Crippen molar-refractivity contribution in [2.24, 2.45) is 5.92 Å². The molecule has 6 nitrogen and oxygen atoms in total. The van der Waals surface area contributed by atoms with E-state index in [0.717, 1.165) is 35.3 Å². The second-order valence-electron chi connectivity index (χ2n) is 7.79. The first-order valence-electron chi connectivity index (χ1n) is 9.53. The van der Waals surface area contributed by atoms with Crippen molar-refractivity contribution in [3.63, 3.8) is 0 Å². The Kier molecular flexibility index (Phi) is 4.10. The molecule has 1 unspecified atom stereocenters. The van der Waals surface area contributed by atoms with Gasteiger partial charge >= 0.3 is 0 Å². The van der Waals surface area contributed by atoms with Crippen molar-refractivity contribution >= 4 is 33.2 Å². The smallest absolute Gasteiger partial charge is 0.271 e. The zero-order valence-electron chi connectivity index (χ0n) is 14.7. The molecule has 7 heteroatoms. The highest BCUT2D eigenvalue weighted by Gasteiger charge is 2.35. The van der Waals surface area contributed by atoms with Gasteiger partial charge in [-0.05, 0) is 55.9 Å². The lowest BCUT2D eigenvalue weighted by Crippen LogP contribution is -2.57. The number of fused-ring (bicyclic) bond motifs is 4. The molecule has 2 atom stereocenters. The quantitative estimate of drug-likeness (QED) is 0.858. The molecule has 4 aliphatic heterocycles. The van der Waals surface area contributed by atoms with Crippen LogP contribution in [0.5, 0.6) is 0 Å². The van der Waals surface area contributed by atoms with Crippen LogP contribution in [0.25, 0.3) is 10.1 Å². The molecule has 4 fully saturated rings. The zero-order chi connectivity index (χ0) is 17.7. The standard InChI is InChI=1S/C19H24N4O2S/c24-13-6-9-23(10-13)16-3-1-2-14-17(21-26-18(14)16)19(25)20-15-11-22-7-4-12(15)5-8-22/h1-3,12-13,15,24H,4-11H2,(H,20,25)/t13-,15?/m1/s1. The van der Waals surface area contributed by atoms with Gasteiger partial charge in [-0.2, -0.15) is 4.37 Å². The third-order valence-electron chi connectivity index (χ3n) is 6.17. The number of nitrogens with zero attached hydrogens (tertiary/aromatic N) is 3. The van der Waals surface area contributed by atoms with Crippen LogP contribution in [0.1, 0.15) is 29.8 Å². The summed E-state index contributed by atoms with van der Waals surface area (Å²) in [4.78, 5) is 17.5. The maximum Gasteiger partial charge on any atom is 0.271 e. The minimum atomic E-state index is -0.266. The number of carbonyl (C=O) groups excluding carboxylic acids is 1. The molecule has 138 valence electrons. The number of β-amino-alcohol motifs (C(OH)–C–C–N with tert-alkyl or cyclic N) is 1. The molecule has 6 rings (SSSR count). The largest absolute Gasteiger partial charge is 0.391 e. The van der Waals surface area contributed by atoms with Gasteiger partial charge in [-0.15, -0.1) is 0 Å². The Balaban J connectivity index is 1.40. The molecule has 4 saturated heterocycles. The maximum absolute atomic E-state index is 12.9. The number of aliphatic hydroxyl groups excluding tert-OH is 1. The van der Waals surface area contributed by atoms with Crippen molar-refractivity contribution in [2.75, 3.05) is 37.6 Å². The molecule has 2 bridgehead atoms. The van der Waals surface area contributed by atoms with Gasteiger partial charge < -0.3 is 20.2 Å². The number of nitrogens with one attached hydrogen (secondary N) is 1. The molecular weight excluding hydrogens is 348 g/mol. The first-order valence-corrected chi connectivity index (χ1v) is 10.3. The number of aliphatic hydroxyl groups is 1. The Morgan fingerprint density at radius 2 is 2.04 bits per heavy atom. The van der Waals surface area contributed by atoms with Gasteiger partial charge in [0.25, 0.3) is 5.91 Å². The number of hydrogen-bond acceptors (Lipinski definition) is 6. The Hall–Kier alpha value is -1.70. The van der Waals surface area contributed by atoms with E-state index in [4.69, 9.17) is 0 Å². The highest BCUT2D eigenvalue weighted by Crippen LogP contribution is 2.34. The third-order valence-corrected chi connectivity index (χ3v) is 7.05. The molecule has 1 aromatic heterocycles. The van der Waals surface area contributed by atoms with Crippen molar-refractivity contribution in [3.05, 3.63) is 23.9 Å². The first kappa shape index (κ1) is 16.5. The molecule has 5 heterocycles. The van der Waals surface area contributed by atoms with E-state index in [1.54, 1.807) is 0 Å². The van der Waals surface area contributed by atoms with Crippen LogP contribution in [-0.4, -0.2) is 65.2 Å². The first-order chi connectivity index (χ1) is 12.7. The van der Waals surface area contributed by atoms with Gasteiger partial charge in [0.05, 0.1) is 16.5 Å². The fourth-order valence-corrected chi connectivity index (χ4v) is 5.60. The highest BCUT2D eigenvalue weighted by atomic mass is 32.1. The third kappa shape index (κ3) is 2.78. The van der Waals surface area contributed by atoms with E-state index in [1.165, 1.54) is 37.5 Å². The predicted octanol–water partition coefficient (Wildman–Crippen LogP) is 1.69. The van der Waals surface area contributed by atoms with Crippen LogP contribution in [0, 0.1) is 5.92 Å². The number of aromatic nitrogens is 1. The molecule has 0 aliphatic carbocycles. The van der Waals surface area contributed by atoms with Crippen molar-refractivity contribution in [3.8, 4) is 0 Å². The molecule has 0 spiro atoms. The lowest BCUT2D eigenvalue weighted by molar-refractivity contribution is 0.0619. The van der Waals surface area contributed by atoms with Gasteiger partial charge in [-0.25, -0.2) is 0 Å². The van der Waals surface area contributed by atoms with Crippen LogP contribution in [0.4, 0.5) is 5.69 Å². The number of anilines is 1.